The number of carbonyl (C=O) groups is 1. The molecule has 142 valence electrons. The van der Waals surface area contributed by atoms with Gasteiger partial charge in [0.05, 0.1) is 29.4 Å². The number of hydrogen-bond acceptors (Lipinski definition) is 6. The number of nitro groups is 1. The van der Waals surface area contributed by atoms with E-state index in [-0.39, 0.29) is 5.69 Å². The largest absolute Gasteiger partial charge is 0.496 e. The number of carbonyl (C=O) groups excluding carboxylic acids is 1. The Labute approximate surface area is 168 Å². The monoisotopic (exact) mass is 443 g/mol. The molecule has 28 heavy (non-hydrogen) atoms. The molecule has 1 heterocycles. The molecule has 0 saturated heterocycles. The van der Waals surface area contributed by atoms with Crippen molar-refractivity contribution < 1.29 is 18.9 Å². The van der Waals surface area contributed by atoms with Gasteiger partial charge in [-0.2, -0.15) is 5.10 Å². The Kier molecular flexibility index (Phi) is 5.85. The first-order valence-corrected chi connectivity index (χ1v) is 8.79. The Morgan fingerprint density at radius 1 is 1.25 bits per heavy atom. The third kappa shape index (κ3) is 4.26. The van der Waals surface area contributed by atoms with Gasteiger partial charge in [0.2, 0.25) is 0 Å². The van der Waals surface area contributed by atoms with E-state index in [0.717, 1.165) is 4.47 Å². The number of para-hydroxylation sites is 1. The first-order valence-electron chi connectivity index (χ1n) is 8.00. The summed E-state index contributed by atoms with van der Waals surface area (Å²) >= 11 is 3.30. The molecule has 0 unspecified atom stereocenters. The lowest BCUT2D eigenvalue weighted by atomic mass is 10.1. The lowest BCUT2D eigenvalue weighted by molar-refractivity contribution is -0.384. The fourth-order valence-electron chi connectivity index (χ4n) is 2.48. The van der Waals surface area contributed by atoms with Gasteiger partial charge in [-0.05, 0) is 36.4 Å². The van der Waals surface area contributed by atoms with E-state index in [2.05, 4.69) is 26.5 Å². The lowest BCUT2D eigenvalue weighted by Gasteiger charge is -2.07. The minimum absolute atomic E-state index is 0.0598. The van der Waals surface area contributed by atoms with E-state index < -0.39 is 10.8 Å². The molecular formula is C19H14BrN3O5. The van der Waals surface area contributed by atoms with Crippen LogP contribution in [0.15, 0.2) is 68.6 Å². The van der Waals surface area contributed by atoms with Crippen molar-refractivity contribution in [2.45, 2.75) is 0 Å². The van der Waals surface area contributed by atoms with E-state index in [0.29, 0.717) is 28.4 Å². The fraction of sp³-hybridized carbons (Fsp3) is 0.0526. The van der Waals surface area contributed by atoms with E-state index in [4.69, 9.17) is 9.15 Å². The molecule has 3 aromatic rings. The topological polar surface area (TPSA) is 107 Å². The smallest absolute Gasteiger partial charge is 0.280 e. The van der Waals surface area contributed by atoms with Crippen molar-refractivity contribution in [3.63, 3.8) is 0 Å². The standard InChI is InChI=1S/C19H14BrN3O5/c1-27-17-8-6-12(20)10-15(17)19(24)22-21-11-13-7-9-18(28-13)14-4-2-3-5-16(14)23(25)26/h2-11H,1H3,(H,22,24)/b21-11-. The summed E-state index contributed by atoms with van der Waals surface area (Å²) in [4.78, 5) is 22.9. The highest BCUT2D eigenvalue weighted by atomic mass is 79.9. The van der Waals surface area contributed by atoms with Gasteiger partial charge in [0.1, 0.15) is 17.3 Å². The summed E-state index contributed by atoms with van der Waals surface area (Å²) in [5.41, 5.74) is 3.00. The zero-order valence-corrected chi connectivity index (χ0v) is 16.2. The van der Waals surface area contributed by atoms with Crippen LogP contribution < -0.4 is 10.2 Å². The lowest BCUT2D eigenvalue weighted by Crippen LogP contribution is -2.18. The van der Waals surface area contributed by atoms with Crippen molar-refractivity contribution in [2.24, 2.45) is 5.10 Å². The fourth-order valence-corrected chi connectivity index (χ4v) is 2.84. The number of hydrazone groups is 1. The molecule has 9 heteroatoms. The van der Waals surface area contributed by atoms with E-state index in [1.54, 1.807) is 48.5 Å². The second-order valence-electron chi connectivity index (χ2n) is 5.52. The SMILES string of the molecule is COc1ccc(Br)cc1C(=O)N/N=C\c1ccc(-c2ccccc2[N+](=O)[O-])o1. The predicted octanol–water partition coefficient (Wildman–Crippen LogP) is 4.39. The predicted molar refractivity (Wildman–Crippen MR) is 107 cm³/mol. The van der Waals surface area contributed by atoms with Crippen molar-refractivity contribution in [3.05, 3.63) is 80.5 Å². The third-order valence-corrected chi connectivity index (χ3v) is 4.25. The normalized spacial score (nSPS) is 10.8. The van der Waals surface area contributed by atoms with Gasteiger partial charge in [-0.3, -0.25) is 14.9 Å². The molecule has 0 fully saturated rings. The summed E-state index contributed by atoms with van der Waals surface area (Å²) in [5.74, 6) is 0.607. The van der Waals surface area contributed by atoms with Gasteiger partial charge in [0.25, 0.3) is 11.6 Å². The molecule has 1 amide bonds. The molecule has 2 aromatic carbocycles. The van der Waals surface area contributed by atoms with Crippen LogP contribution in [0.3, 0.4) is 0 Å². The number of nitrogens with zero attached hydrogens (tertiary/aromatic N) is 2. The highest BCUT2D eigenvalue weighted by molar-refractivity contribution is 9.10. The number of rotatable bonds is 6. The molecular weight excluding hydrogens is 430 g/mol. The maximum Gasteiger partial charge on any atom is 0.280 e. The van der Waals surface area contributed by atoms with Crippen LogP contribution in [-0.2, 0) is 0 Å². The second kappa shape index (κ2) is 8.49. The zero-order chi connectivity index (χ0) is 20.1. The van der Waals surface area contributed by atoms with Crippen LogP contribution in [0.25, 0.3) is 11.3 Å². The third-order valence-electron chi connectivity index (χ3n) is 3.76. The van der Waals surface area contributed by atoms with Crippen LogP contribution in [0.1, 0.15) is 16.1 Å². The number of hydrogen-bond donors (Lipinski definition) is 1. The molecule has 0 saturated carbocycles. The summed E-state index contributed by atoms with van der Waals surface area (Å²) in [6.45, 7) is 0. The first-order chi connectivity index (χ1) is 13.5. The van der Waals surface area contributed by atoms with Gasteiger partial charge in [0.15, 0.2) is 0 Å². The van der Waals surface area contributed by atoms with E-state index in [1.165, 1.54) is 19.4 Å². The van der Waals surface area contributed by atoms with Gasteiger partial charge >= 0.3 is 0 Å². The molecule has 3 rings (SSSR count). The number of nitro benzene ring substituents is 1. The number of amides is 1. The van der Waals surface area contributed by atoms with Crippen molar-refractivity contribution in [3.8, 4) is 17.1 Å². The Hall–Kier alpha value is -3.46. The highest BCUT2D eigenvalue weighted by Crippen LogP contribution is 2.30. The molecule has 0 radical (unpaired) electrons. The molecule has 0 spiro atoms. The summed E-state index contributed by atoms with van der Waals surface area (Å²) in [6.07, 6.45) is 1.31. The Balaban J connectivity index is 1.74. The van der Waals surface area contributed by atoms with Crippen LogP contribution in [0.5, 0.6) is 5.75 Å². The van der Waals surface area contributed by atoms with Crippen LogP contribution in [0.2, 0.25) is 0 Å². The molecule has 1 N–H and O–H groups in total. The molecule has 0 atom stereocenters. The molecule has 0 bridgehead atoms. The summed E-state index contributed by atoms with van der Waals surface area (Å²) < 4.78 is 11.5. The van der Waals surface area contributed by atoms with Crippen molar-refractivity contribution in [1.29, 1.82) is 0 Å². The number of benzene rings is 2. The van der Waals surface area contributed by atoms with Crippen molar-refractivity contribution in [1.82, 2.24) is 5.43 Å². The van der Waals surface area contributed by atoms with Gasteiger partial charge in [-0.25, -0.2) is 5.43 Å². The average Bonchev–Trinajstić information content (AvgIpc) is 3.16. The number of furan rings is 1. The van der Waals surface area contributed by atoms with Crippen molar-refractivity contribution in [2.75, 3.05) is 7.11 Å². The number of ether oxygens (including phenoxy) is 1. The molecule has 0 aliphatic carbocycles. The highest BCUT2D eigenvalue weighted by Gasteiger charge is 2.17. The number of nitrogens with one attached hydrogen (secondary N) is 1. The van der Waals surface area contributed by atoms with Crippen LogP contribution in [-0.4, -0.2) is 24.2 Å². The van der Waals surface area contributed by atoms with Crippen LogP contribution >= 0.6 is 15.9 Å². The van der Waals surface area contributed by atoms with Gasteiger partial charge in [-0.15, -0.1) is 0 Å². The quantitative estimate of drug-likeness (QED) is 0.345. The summed E-state index contributed by atoms with van der Waals surface area (Å²) in [5, 5.41) is 15.0. The Morgan fingerprint density at radius 3 is 2.79 bits per heavy atom. The van der Waals surface area contributed by atoms with Gasteiger partial charge < -0.3 is 9.15 Å². The van der Waals surface area contributed by atoms with Crippen molar-refractivity contribution >= 4 is 33.7 Å². The number of methoxy groups -OCH3 is 1. The molecule has 0 aliphatic rings. The van der Waals surface area contributed by atoms with Crippen LogP contribution in [0.4, 0.5) is 5.69 Å². The van der Waals surface area contributed by atoms with E-state index in [9.17, 15) is 14.9 Å². The maximum absolute atomic E-state index is 12.3. The molecule has 8 nitrogen and oxygen atoms in total. The van der Waals surface area contributed by atoms with E-state index in [1.807, 2.05) is 0 Å². The van der Waals surface area contributed by atoms with Gasteiger partial charge in [0, 0.05) is 10.5 Å². The average molecular weight is 444 g/mol. The van der Waals surface area contributed by atoms with E-state index >= 15 is 0 Å². The minimum atomic E-state index is -0.475. The van der Waals surface area contributed by atoms with Gasteiger partial charge in [-0.1, -0.05) is 28.1 Å². The van der Waals surface area contributed by atoms with Crippen LogP contribution in [0, 0.1) is 10.1 Å². The summed E-state index contributed by atoms with van der Waals surface area (Å²) in [7, 11) is 1.47. The second-order valence-corrected chi connectivity index (χ2v) is 6.44. The molecule has 0 aliphatic heterocycles. The Morgan fingerprint density at radius 2 is 2.04 bits per heavy atom. The first kappa shape index (κ1) is 19.3. The Bertz CT molecular complexity index is 1060. The molecule has 1 aromatic heterocycles. The zero-order valence-electron chi connectivity index (χ0n) is 14.6. The maximum atomic E-state index is 12.3. The summed E-state index contributed by atoms with van der Waals surface area (Å²) in [6, 6.07) is 14.5. The minimum Gasteiger partial charge on any atom is -0.496 e. The number of halogens is 1.